The van der Waals surface area contributed by atoms with E-state index in [1.165, 1.54) is 56.9 Å². The molecule has 1 aromatic carbocycles. The van der Waals surface area contributed by atoms with Crippen molar-refractivity contribution in [3.63, 3.8) is 0 Å². The Bertz CT molecular complexity index is 380. The Hall–Kier alpha value is -1.33. The predicted molar refractivity (Wildman–Crippen MR) is 90.0 cm³/mol. The van der Waals surface area contributed by atoms with Crippen LogP contribution in [0.1, 0.15) is 76.3 Å². The normalized spacial score (nSPS) is 12.0. The molecule has 0 spiro atoms. The Morgan fingerprint density at radius 1 is 0.952 bits per heavy atom. The second-order valence-electron chi connectivity index (χ2n) is 5.75. The summed E-state index contributed by atoms with van der Waals surface area (Å²) in [4.78, 5) is 0. The highest BCUT2D eigenvalue weighted by Crippen LogP contribution is 2.16. The van der Waals surface area contributed by atoms with Gasteiger partial charge in [-0.2, -0.15) is 5.26 Å². The van der Waals surface area contributed by atoms with Crippen molar-refractivity contribution < 1.29 is 0 Å². The summed E-state index contributed by atoms with van der Waals surface area (Å²) in [5.41, 5.74) is 1.22. The average molecular weight is 286 g/mol. The minimum absolute atomic E-state index is 0.181. The van der Waals surface area contributed by atoms with E-state index in [9.17, 15) is 0 Å². The van der Waals surface area contributed by atoms with Crippen molar-refractivity contribution >= 4 is 0 Å². The summed E-state index contributed by atoms with van der Waals surface area (Å²) < 4.78 is 0. The average Bonchev–Trinajstić information content (AvgIpc) is 2.53. The Kier molecular flexibility index (Phi) is 10.5. The van der Waals surface area contributed by atoms with Crippen molar-refractivity contribution in [3.8, 4) is 6.07 Å². The number of unbranched alkanes of at least 4 members (excludes halogenated alkanes) is 7. The third-order valence-electron chi connectivity index (χ3n) is 3.92. The maximum atomic E-state index is 8.95. The van der Waals surface area contributed by atoms with Crippen LogP contribution in [0.2, 0.25) is 0 Å². The fraction of sp³-hybridized carbons (Fsp3) is 0.632. The molecule has 1 unspecified atom stereocenters. The summed E-state index contributed by atoms with van der Waals surface area (Å²) in [6.45, 7) is 3.27. The standard InChI is InChI=1S/C19H30N2/c1-2-3-4-5-6-7-8-12-17-21-19(15-16-20)18-13-10-9-11-14-18/h9-11,13-14,19,21H,2-8,12,15,17H2,1H3. The molecule has 0 heterocycles. The third-order valence-corrected chi connectivity index (χ3v) is 3.92. The fourth-order valence-corrected chi connectivity index (χ4v) is 2.62. The van der Waals surface area contributed by atoms with Crippen LogP contribution < -0.4 is 5.32 Å². The van der Waals surface area contributed by atoms with Gasteiger partial charge in [-0.05, 0) is 18.5 Å². The van der Waals surface area contributed by atoms with Gasteiger partial charge in [-0.1, -0.05) is 82.2 Å². The van der Waals surface area contributed by atoms with E-state index in [1.807, 2.05) is 18.2 Å². The number of rotatable bonds is 12. The first-order valence-electron chi connectivity index (χ1n) is 8.53. The van der Waals surface area contributed by atoms with Crippen LogP contribution in [0.3, 0.4) is 0 Å². The molecule has 0 amide bonds. The molecule has 0 aliphatic carbocycles. The molecule has 0 aliphatic heterocycles. The predicted octanol–water partition coefficient (Wildman–Crippen LogP) is 5.37. The quantitative estimate of drug-likeness (QED) is 0.524. The van der Waals surface area contributed by atoms with Gasteiger partial charge in [0.2, 0.25) is 0 Å². The van der Waals surface area contributed by atoms with Crippen molar-refractivity contribution in [2.75, 3.05) is 6.54 Å². The van der Waals surface area contributed by atoms with Gasteiger partial charge in [0.15, 0.2) is 0 Å². The molecule has 21 heavy (non-hydrogen) atoms. The lowest BCUT2D eigenvalue weighted by molar-refractivity contribution is 0.505. The lowest BCUT2D eigenvalue weighted by Gasteiger charge is -2.16. The molecule has 0 saturated heterocycles. The minimum atomic E-state index is 0.181. The molecular weight excluding hydrogens is 256 g/mol. The minimum Gasteiger partial charge on any atom is -0.309 e. The van der Waals surface area contributed by atoms with Crippen LogP contribution in [-0.4, -0.2) is 6.54 Å². The Labute approximate surface area is 130 Å². The van der Waals surface area contributed by atoms with Crippen LogP contribution in [0.4, 0.5) is 0 Å². The highest BCUT2D eigenvalue weighted by Gasteiger charge is 2.09. The van der Waals surface area contributed by atoms with E-state index < -0.39 is 0 Å². The number of nitrogens with one attached hydrogen (secondary N) is 1. The summed E-state index contributed by atoms with van der Waals surface area (Å²) in [6.07, 6.45) is 11.3. The third kappa shape index (κ3) is 8.52. The molecule has 0 aromatic heterocycles. The van der Waals surface area contributed by atoms with Gasteiger partial charge in [0.1, 0.15) is 0 Å². The summed E-state index contributed by atoms with van der Waals surface area (Å²) in [5, 5.41) is 12.5. The molecule has 0 radical (unpaired) electrons. The molecule has 1 rings (SSSR count). The summed E-state index contributed by atoms with van der Waals surface area (Å²) in [7, 11) is 0. The van der Waals surface area contributed by atoms with Crippen LogP contribution in [0, 0.1) is 11.3 Å². The Morgan fingerprint density at radius 2 is 1.57 bits per heavy atom. The number of hydrogen-bond donors (Lipinski definition) is 1. The van der Waals surface area contributed by atoms with E-state index in [0.717, 1.165) is 6.54 Å². The maximum absolute atomic E-state index is 8.95. The molecule has 1 aromatic rings. The van der Waals surface area contributed by atoms with Crippen molar-refractivity contribution in [2.24, 2.45) is 0 Å². The number of nitriles is 1. The first-order valence-corrected chi connectivity index (χ1v) is 8.53. The first kappa shape index (κ1) is 17.7. The number of nitrogens with zero attached hydrogens (tertiary/aromatic N) is 1. The van der Waals surface area contributed by atoms with Crippen molar-refractivity contribution in [1.29, 1.82) is 5.26 Å². The lowest BCUT2D eigenvalue weighted by Crippen LogP contribution is -2.22. The molecule has 0 fully saturated rings. The zero-order chi connectivity index (χ0) is 15.2. The molecule has 116 valence electrons. The van der Waals surface area contributed by atoms with Gasteiger partial charge >= 0.3 is 0 Å². The molecule has 1 atom stereocenters. The van der Waals surface area contributed by atoms with Gasteiger partial charge in [-0.3, -0.25) is 0 Å². The number of hydrogen-bond acceptors (Lipinski definition) is 2. The maximum Gasteiger partial charge on any atom is 0.0641 e. The van der Waals surface area contributed by atoms with Crippen LogP contribution in [0.25, 0.3) is 0 Å². The van der Waals surface area contributed by atoms with E-state index in [1.54, 1.807) is 0 Å². The van der Waals surface area contributed by atoms with E-state index in [-0.39, 0.29) is 6.04 Å². The first-order chi connectivity index (χ1) is 10.4. The van der Waals surface area contributed by atoms with Gasteiger partial charge < -0.3 is 5.32 Å². The van der Waals surface area contributed by atoms with E-state index in [4.69, 9.17) is 5.26 Å². The van der Waals surface area contributed by atoms with Gasteiger partial charge in [-0.25, -0.2) is 0 Å². The second kappa shape index (κ2) is 12.4. The van der Waals surface area contributed by atoms with Gasteiger partial charge in [0.25, 0.3) is 0 Å². The number of benzene rings is 1. The Balaban J connectivity index is 2.10. The molecule has 0 bridgehead atoms. The highest BCUT2D eigenvalue weighted by atomic mass is 14.9. The topological polar surface area (TPSA) is 35.8 Å². The van der Waals surface area contributed by atoms with E-state index in [2.05, 4.69) is 30.4 Å². The SMILES string of the molecule is CCCCCCCCCCNC(CC#N)c1ccccc1. The molecule has 0 aliphatic rings. The summed E-state index contributed by atoms with van der Waals surface area (Å²) in [5.74, 6) is 0. The summed E-state index contributed by atoms with van der Waals surface area (Å²) in [6, 6.07) is 12.8. The fourth-order valence-electron chi connectivity index (χ4n) is 2.62. The van der Waals surface area contributed by atoms with Gasteiger partial charge in [0.05, 0.1) is 12.5 Å². The van der Waals surface area contributed by atoms with Crippen LogP contribution in [0.15, 0.2) is 30.3 Å². The zero-order valence-electron chi connectivity index (χ0n) is 13.5. The highest BCUT2D eigenvalue weighted by molar-refractivity contribution is 5.19. The van der Waals surface area contributed by atoms with Crippen molar-refractivity contribution in [1.82, 2.24) is 5.32 Å². The van der Waals surface area contributed by atoms with Crippen molar-refractivity contribution in [3.05, 3.63) is 35.9 Å². The molecular formula is C19H30N2. The van der Waals surface area contributed by atoms with Crippen molar-refractivity contribution in [2.45, 2.75) is 70.8 Å². The van der Waals surface area contributed by atoms with Crippen LogP contribution in [-0.2, 0) is 0 Å². The molecule has 0 saturated carbocycles. The summed E-state index contributed by atoms with van der Waals surface area (Å²) >= 11 is 0. The molecule has 1 N–H and O–H groups in total. The smallest absolute Gasteiger partial charge is 0.0641 e. The Morgan fingerprint density at radius 3 is 2.19 bits per heavy atom. The largest absolute Gasteiger partial charge is 0.309 e. The zero-order valence-corrected chi connectivity index (χ0v) is 13.5. The monoisotopic (exact) mass is 286 g/mol. The van der Waals surface area contributed by atoms with Gasteiger partial charge in [-0.15, -0.1) is 0 Å². The van der Waals surface area contributed by atoms with Crippen LogP contribution in [0.5, 0.6) is 0 Å². The lowest BCUT2D eigenvalue weighted by atomic mass is 10.0. The van der Waals surface area contributed by atoms with E-state index in [0.29, 0.717) is 6.42 Å². The second-order valence-corrected chi connectivity index (χ2v) is 5.75. The van der Waals surface area contributed by atoms with Gasteiger partial charge in [0, 0.05) is 6.04 Å². The molecule has 2 nitrogen and oxygen atoms in total. The van der Waals surface area contributed by atoms with Crippen LogP contribution >= 0.6 is 0 Å². The van der Waals surface area contributed by atoms with E-state index >= 15 is 0 Å². The molecule has 2 heteroatoms.